The third kappa shape index (κ3) is 2.50. The largest absolute Gasteiger partial charge is 0.495 e. The van der Waals surface area contributed by atoms with Crippen LogP contribution in [0.3, 0.4) is 0 Å². The highest BCUT2D eigenvalue weighted by Crippen LogP contribution is 2.31. The van der Waals surface area contributed by atoms with E-state index in [0.717, 1.165) is 12.0 Å². The monoisotopic (exact) mass is 273 g/mol. The summed E-state index contributed by atoms with van der Waals surface area (Å²) < 4.78 is 5.17. The predicted molar refractivity (Wildman–Crippen MR) is 67.8 cm³/mol. The van der Waals surface area contributed by atoms with E-state index in [1.54, 1.807) is 12.0 Å². The number of methoxy groups -OCH3 is 1. The van der Waals surface area contributed by atoms with Crippen molar-refractivity contribution in [1.82, 2.24) is 4.90 Å². The third-order valence-electron chi connectivity index (χ3n) is 2.95. The summed E-state index contributed by atoms with van der Waals surface area (Å²) in [5, 5.41) is 0.614. The maximum absolute atomic E-state index is 11.5. The fourth-order valence-electron chi connectivity index (χ4n) is 2.01. The number of carbonyl (C=O) groups excluding carboxylic acids is 1. The molecule has 0 N–H and O–H groups in total. The Morgan fingerprint density at radius 1 is 1.47 bits per heavy atom. The van der Waals surface area contributed by atoms with Gasteiger partial charge in [0.1, 0.15) is 11.6 Å². The van der Waals surface area contributed by atoms with Crippen molar-refractivity contribution in [3.8, 4) is 5.75 Å². The SMILES string of the molecule is COc1cc2c(cc1Cl)CCN(C(=O)CCl)C2. The Morgan fingerprint density at radius 3 is 2.88 bits per heavy atom. The number of nitrogens with zero attached hydrogens (tertiary/aromatic N) is 1. The van der Waals surface area contributed by atoms with Crippen molar-refractivity contribution >= 4 is 29.1 Å². The van der Waals surface area contributed by atoms with Crippen molar-refractivity contribution < 1.29 is 9.53 Å². The van der Waals surface area contributed by atoms with Crippen LogP contribution in [-0.4, -0.2) is 30.3 Å². The van der Waals surface area contributed by atoms with Crippen LogP contribution in [0.5, 0.6) is 5.75 Å². The molecule has 1 heterocycles. The van der Waals surface area contributed by atoms with E-state index in [0.29, 0.717) is 23.9 Å². The molecule has 0 saturated carbocycles. The van der Waals surface area contributed by atoms with E-state index in [1.807, 2.05) is 12.1 Å². The molecular formula is C12H13Cl2NO2. The number of halogens is 2. The lowest BCUT2D eigenvalue weighted by Gasteiger charge is -2.28. The first-order chi connectivity index (χ1) is 8.15. The van der Waals surface area contributed by atoms with Gasteiger partial charge in [-0.25, -0.2) is 0 Å². The number of hydrogen-bond donors (Lipinski definition) is 0. The van der Waals surface area contributed by atoms with Crippen LogP contribution in [0.2, 0.25) is 5.02 Å². The van der Waals surface area contributed by atoms with Gasteiger partial charge in [-0.05, 0) is 29.7 Å². The fraction of sp³-hybridized carbons (Fsp3) is 0.417. The first-order valence-corrected chi connectivity index (χ1v) is 6.26. The van der Waals surface area contributed by atoms with Crippen LogP contribution in [0, 0.1) is 0 Å². The number of alkyl halides is 1. The molecule has 1 aliphatic heterocycles. The van der Waals surface area contributed by atoms with Crippen molar-refractivity contribution in [3.63, 3.8) is 0 Å². The number of carbonyl (C=O) groups is 1. The quantitative estimate of drug-likeness (QED) is 0.775. The molecular weight excluding hydrogens is 261 g/mol. The second-order valence-corrected chi connectivity index (χ2v) is 4.63. The molecule has 1 amide bonds. The van der Waals surface area contributed by atoms with Crippen LogP contribution in [0.15, 0.2) is 12.1 Å². The normalized spacial score (nSPS) is 14.4. The third-order valence-corrected chi connectivity index (χ3v) is 3.48. The zero-order chi connectivity index (χ0) is 12.4. The van der Waals surface area contributed by atoms with E-state index in [2.05, 4.69) is 0 Å². The van der Waals surface area contributed by atoms with Gasteiger partial charge < -0.3 is 9.64 Å². The Kier molecular flexibility index (Phi) is 3.79. The molecule has 0 radical (unpaired) electrons. The first kappa shape index (κ1) is 12.5. The minimum Gasteiger partial charge on any atom is -0.495 e. The molecule has 0 atom stereocenters. The molecule has 5 heteroatoms. The summed E-state index contributed by atoms with van der Waals surface area (Å²) in [4.78, 5) is 13.3. The molecule has 2 rings (SSSR count). The highest BCUT2D eigenvalue weighted by atomic mass is 35.5. The molecule has 1 aliphatic rings. The zero-order valence-electron chi connectivity index (χ0n) is 9.50. The highest BCUT2D eigenvalue weighted by molar-refractivity contribution is 6.32. The van der Waals surface area contributed by atoms with Gasteiger partial charge >= 0.3 is 0 Å². The highest BCUT2D eigenvalue weighted by Gasteiger charge is 2.21. The van der Waals surface area contributed by atoms with E-state index in [4.69, 9.17) is 27.9 Å². The van der Waals surface area contributed by atoms with Crippen LogP contribution in [-0.2, 0) is 17.8 Å². The Labute approximate surface area is 110 Å². The summed E-state index contributed by atoms with van der Waals surface area (Å²) in [7, 11) is 1.58. The molecule has 0 aliphatic carbocycles. The second-order valence-electron chi connectivity index (χ2n) is 3.95. The van der Waals surface area contributed by atoms with Gasteiger partial charge in [0.05, 0.1) is 12.1 Å². The maximum Gasteiger partial charge on any atom is 0.237 e. The summed E-state index contributed by atoms with van der Waals surface area (Å²) in [6.07, 6.45) is 0.807. The minimum atomic E-state index is -0.0359. The number of benzene rings is 1. The molecule has 0 saturated heterocycles. The van der Waals surface area contributed by atoms with Crippen molar-refractivity contribution in [1.29, 1.82) is 0 Å². The summed E-state index contributed by atoms with van der Waals surface area (Å²) in [5.41, 5.74) is 2.25. The summed E-state index contributed by atoms with van der Waals surface area (Å²) in [5.74, 6) is 0.636. The van der Waals surface area contributed by atoms with Gasteiger partial charge in [-0.1, -0.05) is 11.6 Å². The van der Waals surface area contributed by atoms with E-state index >= 15 is 0 Å². The molecule has 17 heavy (non-hydrogen) atoms. The lowest BCUT2D eigenvalue weighted by Crippen LogP contribution is -2.36. The van der Waals surface area contributed by atoms with Crippen molar-refractivity contribution in [3.05, 3.63) is 28.3 Å². The average molecular weight is 274 g/mol. The van der Waals surface area contributed by atoms with Crippen LogP contribution in [0.4, 0.5) is 0 Å². The Balaban J connectivity index is 2.28. The van der Waals surface area contributed by atoms with Crippen molar-refractivity contribution in [2.24, 2.45) is 0 Å². The number of amides is 1. The molecule has 0 unspecified atom stereocenters. The fourth-order valence-corrected chi connectivity index (χ4v) is 2.44. The minimum absolute atomic E-state index is 0.0278. The van der Waals surface area contributed by atoms with Gasteiger partial charge in [-0.2, -0.15) is 0 Å². The Hall–Kier alpha value is -0.930. The average Bonchev–Trinajstić information content (AvgIpc) is 2.36. The summed E-state index contributed by atoms with van der Waals surface area (Å²) >= 11 is 11.6. The number of ether oxygens (including phenoxy) is 1. The van der Waals surface area contributed by atoms with Crippen LogP contribution < -0.4 is 4.74 Å². The Bertz CT molecular complexity index is 448. The molecule has 1 aromatic rings. The molecule has 0 aromatic heterocycles. The van der Waals surface area contributed by atoms with Gasteiger partial charge in [0.15, 0.2) is 0 Å². The van der Waals surface area contributed by atoms with E-state index in [-0.39, 0.29) is 11.8 Å². The zero-order valence-corrected chi connectivity index (χ0v) is 11.0. The van der Waals surface area contributed by atoms with Crippen LogP contribution >= 0.6 is 23.2 Å². The second kappa shape index (κ2) is 5.15. The first-order valence-electron chi connectivity index (χ1n) is 5.34. The van der Waals surface area contributed by atoms with Crippen molar-refractivity contribution in [2.45, 2.75) is 13.0 Å². The molecule has 92 valence electrons. The Morgan fingerprint density at radius 2 is 2.24 bits per heavy atom. The van der Waals surface area contributed by atoms with E-state index < -0.39 is 0 Å². The molecule has 0 fully saturated rings. The summed E-state index contributed by atoms with van der Waals surface area (Å²) in [6.45, 7) is 1.27. The van der Waals surface area contributed by atoms with Gasteiger partial charge in [0, 0.05) is 13.1 Å². The lowest BCUT2D eigenvalue weighted by atomic mass is 9.99. The number of hydrogen-bond acceptors (Lipinski definition) is 2. The summed E-state index contributed by atoms with van der Waals surface area (Å²) in [6, 6.07) is 3.81. The topological polar surface area (TPSA) is 29.5 Å². The smallest absolute Gasteiger partial charge is 0.237 e. The van der Waals surface area contributed by atoms with Crippen LogP contribution in [0.1, 0.15) is 11.1 Å². The molecule has 3 nitrogen and oxygen atoms in total. The van der Waals surface area contributed by atoms with Crippen LogP contribution in [0.25, 0.3) is 0 Å². The molecule has 0 spiro atoms. The van der Waals surface area contributed by atoms with Gasteiger partial charge in [0.25, 0.3) is 0 Å². The van der Waals surface area contributed by atoms with Gasteiger partial charge in [-0.15, -0.1) is 11.6 Å². The van der Waals surface area contributed by atoms with Gasteiger partial charge in [-0.3, -0.25) is 4.79 Å². The van der Waals surface area contributed by atoms with Gasteiger partial charge in [0.2, 0.25) is 5.91 Å². The molecule has 0 bridgehead atoms. The van der Waals surface area contributed by atoms with E-state index in [1.165, 1.54) is 5.56 Å². The lowest BCUT2D eigenvalue weighted by molar-refractivity contribution is -0.129. The maximum atomic E-state index is 11.5. The molecule has 1 aromatic carbocycles. The van der Waals surface area contributed by atoms with Crippen molar-refractivity contribution in [2.75, 3.05) is 19.5 Å². The number of rotatable bonds is 2. The number of fused-ring (bicyclic) bond motifs is 1. The van der Waals surface area contributed by atoms with E-state index in [9.17, 15) is 4.79 Å². The standard InChI is InChI=1S/C12H13Cl2NO2/c1-17-11-5-9-7-15(12(16)6-13)3-2-8(9)4-10(11)14/h4-5H,2-3,6-7H2,1H3. The predicted octanol–water partition coefficient (Wildman–Crippen LogP) is 2.47.